The average Bonchev–Trinajstić information content (AvgIpc) is 2.46. The third-order valence-corrected chi connectivity index (χ3v) is 5.47. The summed E-state index contributed by atoms with van der Waals surface area (Å²) in [6.45, 7) is 0. The summed E-state index contributed by atoms with van der Waals surface area (Å²) < 4.78 is 49.4. The first-order valence-corrected chi connectivity index (χ1v) is 9.63. The molecule has 0 heterocycles. The maximum absolute atomic E-state index is 12.2. The van der Waals surface area contributed by atoms with Gasteiger partial charge >= 0.3 is 5.97 Å². The third kappa shape index (κ3) is 4.08. The zero-order valence-corrected chi connectivity index (χ0v) is 13.6. The summed E-state index contributed by atoms with van der Waals surface area (Å²) in [7, 11) is -7.26. The predicted molar refractivity (Wildman–Crippen MR) is 83.8 cm³/mol. The Hall–Kier alpha value is -2.39. The van der Waals surface area contributed by atoms with Gasteiger partial charge in [0.25, 0.3) is 10.0 Å². The number of carbonyl (C=O) groups is 1. The molecule has 0 aromatic heterocycles. The molecule has 0 saturated carbocycles. The number of carboxylic acid groups (broad SMARTS) is 1. The van der Waals surface area contributed by atoms with Gasteiger partial charge in [-0.25, -0.2) is 21.6 Å². The van der Waals surface area contributed by atoms with Crippen LogP contribution in [0.4, 0.5) is 5.69 Å². The summed E-state index contributed by atoms with van der Waals surface area (Å²) in [5.74, 6) is -1.15. The molecule has 2 aromatic carbocycles. The monoisotopic (exact) mass is 355 g/mol. The lowest BCUT2D eigenvalue weighted by Crippen LogP contribution is -2.13. The van der Waals surface area contributed by atoms with Crippen molar-refractivity contribution in [2.24, 2.45) is 0 Å². The third-order valence-electron chi connectivity index (χ3n) is 2.95. The van der Waals surface area contributed by atoms with Crippen molar-refractivity contribution in [1.82, 2.24) is 0 Å². The van der Waals surface area contributed by atoms with Crippen molar-refractivity contribution >= 4 is 31.5 Å². The molecular weight excluding hydrogens is 342 g/mol. The van der Waals surface area contributed by atoms with E-state index in [9.17, 15) is 21.6 Å². The Morgan fingerprint density at radius 3 is 1.78 bits per heavy atom. The number of aromatic carboxylic acids is 1. The number of rotatable bonds is 5. The van der Waals surface area contributed by atoms with Gasteiger partial charge in [0.15, 0.2) is 9.84 Å². The molecule has 2 N–H and O–H groups in total. The fraction of sp³-hybridized carbons (Fsp3) is 0.0714. The summed E-state index contributed by atoms with van der Waals surface area (Å²) in [6, 6.07) is 9.97. The van der Waals surface area contributed by atoms with Gasteiger partial charge in [-0.15, -0.1) is 0 Å². The molecule has 0 unspecified atom stereocenters. The van der Waals surface area contributed by atoms with E-state index in [1.165, 1.54) is 48.5 Å². The lowest BCUT2D eigenvalue weighted by Gasteiger charge is -2.09. The van der Waals surface area contributed by atoms with Crippen molar-refractivity contribution < 1.29 is 26.7 Å². The van der Waals surface area contributed by atoms with Crippen LogP contribution in [0.3, 0.4) is 0 Å². The second kappa shape index (κ2) is 6.01. The average molecular weight is 355 g/mol. The fourth-order valence-electron chi connectivity index (χ4n) is 1.76. The number of hydrogen-bond acceptors (Lipinski definition) is 5. The van der Waals surface area contributed by atoms with E-state index in [0.717, 1.165) is 6.26 Å². The van der Waals surface area contributed by atoms with Gasteiger partial charge in [0.2, 0.25) is 0 Å². The Labute approximate surface area is 133 Å². The molecule has 0 amide bonds. The number of sulfonamides is 1. The number of hydrogen-bond donors (Lipinski definition) is 2. The van der Waals surface area contributed by atoms with Crippen molar-refractivity contribution in [3.63, 3.8) is 0 Å². The van der Waals surface area contributed by atoms with Gasteiger partial charge in [0.05, 0.1) is 15.4 Å². The highest BCUT2D eigenvalue weighted by atomic mass is 32.2. The fourth-order valence-corrected chi connectivity index (χ4v) is 3.45. The Morgan fingerprint density at radius 2 is 1.35 bits per heavy atom. The first-order valence-electron chi connectivity index (χ1n) is 6.26. The highest BCUT2D eigenvalue weighted by Crippen LogP contribution is 2.19. The van der Waals surface area contributed by atoms with Gasteiger partial charge in [-0.3, -0.25) is 4.72 Å². The number of carboxylic acids is 1. The molecule has 0 radical (unpaired) electrons. The van der Waals surface area contributed by atoms with E-state index in [4.69, 9.17) is 5.11 Å². The van der Waals surface area contributed by atoms with E-state index in [1.54, 1.807) is 0 Å². The van der Waals surface area contributed by atoms with Gasteiger partial charge < -0.3 is 5.11 Å². The molecule has 0 saturated heterocycles. The Morgan fingerprint density at radius 1 is 0.870 bits per heavy atom. The van der Waals surface area contributed by atoms with Gasteiger partial charge in [-0.2, -0.15) is 0 Å². The van der Waals surface area contributed by atoms with Crippen LogP contribution in [0.15, 0.2) is 58.3 Å². The van der Waals surface area contributed by atoms with E-state index < -0.39 is 25.8 Å². The van der Waals surface area contributed by atoms with E-state index >= 15 is 0 Å². The molecule has 0 aliphatic heterocycles. The predicted octanol–water partition coefficient (Wildman–Crippen LogP) is 1.59. The maximum Gasteiger partial charge on any atom is 0.335 e. The summed E-state index contributed by atoms with van der Waals surface area (Å²) in [5.41, 5.74) is 0.168. The normalized spacial score (nSPS) is 11.9. The highest BCUT2D eigenvalue weighted by molar-refractivity contribution is 7.92. The second-order valence-electron chi connectivity index (χ2n) is 4.73. The van der Waals surface area contributed by atoms with Crippen LogP contribution in [0.25, 0.3) is 0 Å². The molecule has 0 fully saturated rings. The Bertz CT molecular complexity index is 930. The van der Waals surface area contributed by atoms with Crippen LogP contribution in [0.1, 0.15) is 10.4 Å². The molecule has 0 bridgehead atoms. The summed E-state index contributed by atoms with van der Waals surface area (Å²) >= 11 is 0. The van der Waals surface area contributed by atoms with E-state index in [-0.39, 0.29) is 21.0 Å². The van der Waals surface area contributed by atoms with Crippen LogP contribution in [0.2, 0.25) is 0 Å². The highest BCUT2D eigenvalue weighted by Gasteiger charge is 2.15. The Balaban J connectivity index is 2.26. The van der Waals surface area contributed by atoms with Crippen LogP contribution >= 0.6 is 0 Å². The van der Waals surface area contributed by atoms with Gasteiger partial charge in [-0.05, 0) is 48.5 Å². The van der Waals surface area contributed by atoms with Crippen LogP contribution in [-0.4, -0.2) is 34.2 Å². The Kier molecular flexibility index (Phi) is 4.44. The van der Waals surface area contributed by atoms with E-state index in [1.807, 2.05) is 0 Å². The molecule has 0 aliphatic carbocycles. The summed E-state index contributed by atoms with van der Waals surface area (Å²) in [4.78, 5) is 10.7. The minimum atomic E-state index is -3.90. The molecule has 9 heteroatoms. The minimum absolute atomic E-state index is 0.0264. The molecule has 0 atom stereocenters. The second-order valence-corrected chi connectivity index (χ2v) is 8.43. The van der Waals surface area contributed by atoms with Crippen molar-refractivity contribution in [3.8, 4) is 0 Å². The molecule has 2 aromatic rings. The van der Waals surface area contributed by atoms with Crippen molar-refractivity contribution in [2.45, 2.75) is 9.79 Å². The zero-order valence-electron chi connectivity index (χ0n) is 11.9. The molecular formula is C14H13NO6S2. The first-order chi connectivity index (χ1) is 10.6. The molecule has 0 aliphatic rings. The van der Waals surface area contributed by atoms with Crippen LogP contribution in [0, 0.1) is 0 Å². The SMILES string of the molecule is CS(=O)(=O)c1ccc(NS(=O)(=O)c2ccc(C(=O)O)cc2)cc1. The molecule has 122 valence electrons. The molecule has 7 nitrogen and oxygen atoms in total. The topological polar surface area (TPSA) is 118 Å². The lowest BCUT2D eigenvalue weighted by molar-refractivity contribution is 0.0696. The smallest absolute Gasteiger partial charge is 0.335 e. The minimum Gasteiger partial charge on any atom is -0.478 e. The van der Waals surface area contributed by atoms with Gasteiger partial charge in [0, 0.05) is 11.9 Å². The number of sulfone groups is 1. The maximum atomic E-state index is 12.2. The van der Waals surface area contributed by atoms with Gasteiger partial charge in [-0.1, -0.05) is 0 Å². The summed E-state index contributed by atoms with van der Waals surface area (Å²) in [6.07, 6.45) is 1.05. The zero-order chi connectivity index (χ0) is 17.3. The molecule has 0 spiro atoms. The number of nitrogens with one attached hydrogen (secondary N) is 1. The van der Waals surface area contributed by atoms with Gasteiger partial charge in [0.1, 0.15) is 0 Å². The van der Waals surface area contributed by atoms with Crippen LogP contribution in [0.5, 0.6) is 0 Å². The first kappa shape index (κ1) is 17.0. The van der Waals surface area contributed by atoms with Crippen molar-refractivity contribution in [1.29, 1.82) is 0 Å². The quantitative estimate of drug-likeness (QED) is 0.841. The number of benzene rings is 2. The van der Waals surface area contributed by atoms with E-state index in [2.05, 4.69) is 4.72 Å². The van der Waals surface area contributed by atoms with Crippen LogP contribution < -0.4 is 4.72 Å². The van der Waals surface area contributed by atoms with Crippen molar-refractivity contribution in [3.05, 3.63) is 54.1 Å². The van der Waals surface area contributed by atoms with Crippen molar-refractivity contribution in [2.75, 3.05) is 11.0 Å². The summed E-state index contributed by atoms with van der Waals surface area (Å²) in [5, 5.41) is 8.79. The standard InChI is InChI=1S/C14H13NO6S2/c1-22(18,19)12-8-4-11(5-9-12)15-23(20,21)13-6-2-10(3-7-13)14(16)17/h2-9,15H,1H3,(H,16,17). The molecule has 23 heavy (non-hydrogen) atoms. The van der Waals surface area contributed by atoms with E-state index in [0.29, 0.717) is 0 Å². The van der Waals surface area contributed by atoms with Crippen LogP contribution in [-0.2, 0) is 19.9 Å². The number of anilines is 1. The molecule has 2 rings (SSSR count). The largest absolute Gasteiger partial charge is 0.478 e. The lowest BCUT2D eigenvalue weighted by atomic mass is 10.2.